The number of carboxylic acids is 1. The van der Waals surface area contributed by atoms with Gasteiger partial charge < -0.3 is 16.2 Å². The first-order valence-corrected chi connectivity index (χ1v) is 10.6. The zero-order chi connectivity index (χ0) is 22.3. The lowest BCUT2D eigenvalue weighted by molar-refractivity contribution is -0.151. The number of aliphatic carboxylic acids is 1. The fourth-order valence-electron chi connectivity index (χ4n) is 3.90. The molecule has 1 heterocycles. The Morgan fingerprint density at radius 3 is 2.37 bits per heavy atom. The van der Waals surface area contributed by atoms with Crippen molar-refractivity contribution in [1.82, 2.24) is 14.9 Å². The van der Waals surface area contributed by atoms with E-state index >= 15 is 0 Å². The summed E-state index contributed by atoms with van der Waals surface area (Å²) in [6, 6.07) is 7.80. The van der Waals surface area contributed by atoms with Crippen molar-refractivity contribution in [3.63, 3.8) is 0 Å². The van der Waals surface area contributed by atoms with E-state index in [2.05, 4.69) is 22.2 Å². The van der Waals surface area contributed by atoms with Crippen molar-refractivity contribution in [1.29, 1.82) is 0 Å². The summed E-state index contributed by atoms with van der Waals surface area (Å²) in [5.74, 6) is 0.204. The van der Waals surface area contributed by atoms with E-state index in [1.54, 1.807) is 19.0 Å². The molecule has 0 radical (unpaired) electrons. The van der Waals surface area contributed by atoms with E-state index in [1.165, 1.54) is 0 Å². The number of carboxylic acid groups (broad SMARTS) is 1. The molecule has 2 rings (SSSR count). The molecule has 7 nitrogen and oxygen atoms in total. The molecule has 1 unspecified atom stereocenters. The second-order valence-electron chi connectivity index (χ2n) is 7.92. The van der Waals surface area contributed by atoms with Gasteiger partial charge in [-0.1, -0.05) is 51.0 Å². The van der Waals surface area contributed by atoms with Gasteiger partial charge in [-0.05, 0) is 45.0 Å². The first-order valence-electron chi connectivity index (χ1n) is 10.6. The molecule has 1 aromatic heterocycles. The minimum absolute atomic E-state index is 0.268. The van der Waals surface area contributed by atoms with Gasteiger partial charge in [-0.2, -0.15) is 4.98 Å². The number of nitrogens with two attached hydrogens (primary N) is 1. The molecule has 7 heteroatoms. The molecule has 1 atom stereocenters. The maximum Gasteiger partial charge on any atom is 0.328 e. The zero-order valence-electron chi connectivity index (χ0n) is 18.8. The van der Waals surface area contributed by atoms with Crippen molar-refractivity contribution in [2.24, 2.45) is 0 Å². The van der Waals surface area contributed by atoms with Crippen molar-refractivity contribution in [3.05, 3.63) is 46.6 Å². The monoisotopic (exact) mass is 413 g/mol. The summed E-state index contributed by atoms with van der Waals surface area (Å²) in [6.45, 7) is 6.86. The maximum atomic E-state index is 12.1. The minimum Gasteiger partial charge on any atom is -0.480 e. The van der Waals surface area contributed by atoms with Crippen LogP contribution >= 0.6 is 0 Å². The van der Waals surface area contributed by atoms with E-state index in [0.717, 1.165) is 54.0 Å². The molecule has 0 aliphatic heterocycles. The summed E-state index contributed by atoms with van der Waals surface area (Å²) >= 11 is 0. The molecule has 0 aliphatic carbocycles. The van der Waals surface area contributed by atoms with Crippen LogP contribution in [-0.4, -0.2) is 46.6 Å². The average Bonchev–Trinajstić information content (AvgIpc) is 2.69. The molecule has 0 saturated carbocycles. The highest BCUT2D eigenvalue weighted by atomic mass is 16.4. The minimum atomic E-state index is -1.04. The summed E-state index contributed by atoms with van der Waals surface area (Å²) in [7, 11) is 3.61. The smallest absolute Gasteiger partial charge is 0.328 e. The number of nitrogens with one attached hydrogen (secondary N) is 1. The number of nitrogens with zero attached hydrogens (tertiary/aromatic N) is 3. The van der Waals surface area contributed by atoms with Crippen LogP contribution in [0.4, 0.5) is 11.8 Å². The summed E-state index contributed by atoms with van der Waals surface area (Å²) in [4.78, 5) is 22.6. The van der Waals surface area contributed by atoms with Crippen LogP contribution in [0.2, 0.25) is 0 Å². The molecule has 0 amide bonds. The largest absolute Gasteiger partial charge is 0.480 e. The lowest BCUT2D eigenvalue weighted by Crippen LogP contribution is -2.47. The van der Waals surface area contributed by atoms with Crippen LogP contribution < -0.4 is 11.1 Å². The molecule has 0 spiro atoms. The lowest BCUT2D eigenvalue weighted by atomic mass is 9.85. The van der Waals surface area contributed by atoms with Crippen molar-refractivity contribution >= 4 is 17.7 Å². The number of aromatic nitrogens is 2. The van der Waals surface area contributed by atoms with Crippen molar-refractivity contribution in [2.45, 2.75) is 58.4 Å². The van der Waals surface area contributed by atoms with Crippen molar-refractivity contribution in [3.8, 4) is 0 Å². The topological polar surface area (TPSA) is 104 Å². The van der Waals surface area contributed by atoms with E-state index in [9.17, 15) is 9.90 Å². The number of aryl methyl sites for hydroxylation is 1. The van der Waals surface area contributed by atoms with Gasteiger partial charge in [0.15, 0.2) is 0 Å². The Bertz CT molecular complexity index is 851. The highest BCUT2D eigenvalue weighted by molar-refractivity contribution is 5.80. The Morgan fingerprint density at radius 1 is 1.17 bits per heavy atom. The van der Waals surface area contributed by atoms with E-state index in [0.29, 0.717) is 12.8 Å². The number of hydrogen-bond donors (Lipinski definition) is 3. The number of benzene rings is 1. The maximum absolute atomic E-state index is 12.1. The van der Waals surface area contributed by atoms with Gasteiger partial charge >= 0.3 is 5.97 Å². The molecule has 164 valence electrons. The summed E-state index contributed by atoms with van der Waals surface area (Å²) in [6.07, 6.45) is 4.53. The molecular weight excluding hydrogens is 378 g/mol. The Morgan fingerprint density at radius 2 is 1.83 bits per heavy atom. The summed E-state index contributed by atoms with van der Waals surface area (Å²) in [5, 5.41) is 13.3. The third-order valence-electron chi connectivity index (χ3n) is 5.75. The number of unbranched alkanes of at least 4 members (excludes halogenated alkanes) is 2. The van der Waals surface area contributed by atoms with Gasteiger partial charge in [0.05, 0.1) is 0 Å². The fraction of sp³-hybridized carbons (Fsp3) is 0.522. The van der Waals surface area contributed by atoms with Gasteiger partial charge in [0, 0.05) is 24.2 Å². The van der Waals surface area contributed by atoms with Crippen LogP contribution in [-0.2, 0) is 16.8 Å². The van der Waals surface area contributed by atoms with Gasteiger partial charge in [-0.15, -0.1) is 0 Å². The molecule has 0 bridgehead atoms. The van der Waals surface area contributed by atoms with Crippen LogP contribution in [0, 0.1) is 6.92 Å². The summed E-state index contributed by atoms with van der Waals surface area (Å²) in [5.41, 5.74) is 8.54. The summed E-state index contributed by atoms with van der Waals surface area (Å²) < 4.78 is 0. The van der Waals surface area contributed by atoms with Crippen LogP contribution in [0.15, 0.2) is 24.3 Å². The first-order chi connectivity index (χ1) is 14.3. The number of rotatable bonds is 11. The van der Waals surface area contributed by atoms with Gasteiger partial charge in [0.1, 0.15) is 11.4 Å². The Labute approximate surface area is 179 Å². The molecule has 0 saturated heterocycles. The molecule has 0 fully saturated rings. The molecule has 1 aromatic carbocycles. The predicted molar refractivity (Wildman–Crippen MR) is 122 cm³/mol. The third kappa shape index (κ3) is 5.08. The first kappa shape index (κ1) is 23.6. The zero-order valence-corrected chi connectivity index (χ0v) is 18.8. The normalized spacial score (nSPS) is 13.3. The van der Waals surface area contributed by atoms with Gasteiger partial charge in [0.25, 0.3) is 0 Å². The molecule has 4 N–H and O–H groups in total. The molecular formula is C23H35N5O2. The van der Waals surface area contributed by atoms with Gasteiger partial charge in [0.2, 0.25) is 5.95 Å². The van der Waals surface area contributed by atoms with E-state index in [1.807, 2.05) is 38.1 Å². The van der Waals surface area contributed by atoms with Crippen LogP contribution in [0.1, 0.15) is 61.9 Å². The Kier molecular flexibility index (Phi) is 8.17. The SMILES string of the molecule is CCCCCNc1nc(N)nc(C)c1Cc1ccc(C(CC)(C(=O)O)N(C)C)cc1. The molecule has 30 heavy (non-hydrogen) atoms. The van der Waals surface area contributed by atoms with Crippen LogP contribution in [0.25, 0.3) is 0 Å². The van der Waals surface area contributed by atoms with E-state index in [4.69, 9.17) is 5.73 Å². The highest BCUT2D eigenvalue weighted by Gasteiger charge is 2.40. The van der Waals surface area contributed by atoms with Crippen LogP contribution in [0.3, 0.4) is 0 Å². The number of likely N-dealkylation sites (N-methyl/N-ethyl adjacent to an activating group) is 1. The number of anilines is 2. The second-order valence-corrected chi connectivity index (χ2v) is 7.92. The lowest BCUT2D eigenvalue weighted by Gasteiger charge is -2.35. The Hall–Kier alpha value is -2.67. The van der Waals surface area contributed by atoms with Crippen LogP contribution in [0.5, 0.6) is 0 Å². The van der Waals surface area contributed by atoms with Crippen molar-refractivity contribution < 1.29 is 9.90 Å². The second kappa shape index (κ2) is 10.4. The third-order valence-corrected chi connectivity index (χ3v) is 5.75. The average molecular weight is 414 g/mol. The predicted octanol–water partition coefficient (Wildman–Crippen LogP) is 3.81. The quantitative estimate of drug-likeness (QED) is 0.481. The highest BCUT2D eigenvalue weighted by Crippen LogP contribution is 2.31. The van der Waals surface area contributed by atoms with Gasteiger partial charge in [-0.3, -0.25) is 4.90 Å². The number of nitrogen functional groups attached to an aromatic ring is 1. The van der Waals surface area contributed by atoms with E-state index < -0.39 is 11.5 Å². The Balaban J connectivity index is 2.30. The molecule has 2 aromatic rings. The van der Waals surface area contributed by atoms with Crippen molar-refractivity contribution in [2.75, 3.05) is 31.7 Å². The van der Waals surface area contributed by atoms with E-state index in [-0.39, 0.29) is 5.95 Å². The number of carbonyl (C=O) groups is 1. The number of hydrogen-bond acceptors (Lipinski definition) is 6. The fourth-order valence-corrected chi connectivity index (χ4v) is 3.90. The van der Waals surface area contributed by atoms with Gasteiger partial charge in [-0.25, -0.2) is 9.78 Å². The standard InChI is InChI=1S/C23H35N5O2/c1-6-8-9-14-25-20-19(16(3)26-22(24)27-20)15-17-10-12-18(13-11-17)23(7-2,21(29)30)28(4)5/h10-13H,6-9,14-15H2,1-5H3,(H,29,30)(H3,24,25,26,27). The molecule has 0 aliphatic rings.